The van der Waals surface area contributed by atoms with Gasteiger partial charge in [-0.15, -0.1) is 11.6 Å². The first-order chi connectivity index (χ1) is 11.9. The second-order valence-corrected chi connectivity index (χ2v) is 17.1. The summed E-state index contributed by atoms with van der Waals surface area (Å²) < 4.78 is 17.6. The zero-order valence-electron chi connectivity index (χ0n) is 17.5. The Labute approximate surface area is 174 Å². The van der Waals surface area contributed by atoms with Crippen LogP contribution in [0.5, 0.6) is 0 Å². The average molecular weight is 474 g/mol. The molecule has 0 aliphatic carbocycles. The highest BCUT2D eigenvalue weighted by Crippen LogP contribution is 2.53. The summed E-state index contributed by atoms with van der Waals surface area (Å²) in [7, 11) is -1.86. The van der Waals surface area contributed by atoms with Crippen molar-refractivity contribution >= 4 is 35.6 Å². The lowest BCUT2D eigenvalue weighted by Gasteiger charge is -2.51. The second kappa shape index (κ2) is 10.0. The first-order valence-corrected chi connectivity index (χ1v) is 14.0. The minimum atomic E-state index is -1.86. The molecule has 26 heavy (non-hydrogen) atoms. The molecule has 0 aromatic carbocycles. The number of hydrogen-bond donors (Lipinski definition) is 1. The topological polar surface area (TPSA) is 47.9 Å². The molecule has 4 nitrogen and oxygen atoms in total. The van der Waals surface area contributed by atoms with Gasteiger partial charge in [-0.3, -0.25) is 0 Å². The van der Waals surface area contributed by atoms with Crippen molar-refractivity contribution < 1.29 is 19.3 Å². The first kappa shape index (κ1) is 24.9. The normalized spacial score (nSPS) is 27.1. The van der Waals surface area contributed by atoms with Gasteiger partial charge < -0.3 is 19.3 Å². The third kappa shape index (κ3) is 5.46. The Bertz CT molecular complexity index is 426. The maximum absolute atomic E-state index is 9.77. The quantitative estimate of drug-likeness (QED) is 0.272. The van der Waals surface area contributed by atoms with Gasteiger partial charge in [0.05, 0.1) is 25.7 Å². The number of aliphatic hydroxyl groups excluding tert-OH is 1. The van der Waals surface area contributed by atoms with Gasteiger partial charge in [-0.25, -0.2) is 0 Å². The molecule has 0 radical (unpaired) electrons. The molecule has 1 rings (SSSR count). The van der Waals surface area contributed by atoms with Crippen LogP contribution in [0.4, 0.5) is 0 Å². The summed E-state index contributed by atoms with van der Waals surface area (Å²) in [4.78, 5) is 0. The van der Waals surface area contributed by atoms with Gasteiger partial charge in [-0.2, -0.15) is 0 Å². The molecule has 0 unspecified atom stereocenters. The molecule has 4 atom stereocenters. The van der Waals surface area contributed by atoms with E-state index in [1.807, 2.05) is 13.8 Å². The molecule has 156 valence electrons. The molecule has 1 fully saturated rings. The summed E-state index contributed by atoms with van der Waals surface area (Å²) in [5.41, 5.74) is 0. The summed E-state index contributed by atoms with van der Waals surface area (Å²) in [5, 5.41) is 9.85. The number of ether oxygens (including phenoxy) is 3. The lowest BCUT2D eigenvalue weighted by atomic mass is 10.1. The predicted molar refractivity (Wildman–Crippen MR) is 115 cm³/mol. The van der Waals surface area contributed by atoms with Crippen LogP contribution >= 0.6 is 27.5 Å². The summed E-state index contributed by atoms with van der Waals surface area (Å²) >= 11 is 10.8. The maximum atomic E-state index is 9.77. The Hall–Kier alpha value is 0.827. The molecule has 0 aromatic rings. The van der Waals surface area contributed by atoms with Gasteiger partial charge in [0.1, 0.15) is 0 Å². The van der Waals surface area contributed by atoms with Crippen molar-refractivity contribution in [1.29, 1.82) is 0 Å². The monoisotopic (exact) mass is 472 g/mol. The molecule has 1 heterocycles. The summed E-state index contributed by atoms with van der Waals surface area (Å²) in [6.07, 6.45) is 1.66. The molecule has 1 aliphatic rings. The summed E-state index contributed by atoms with van der Waals surface area (Å²) in [6.45, 7) is 16.9. The van der Waals surface area contributed by atoms with E-state index in [-0.39, 0.29) is 39.5 Å². The molecule has 1 N–H and O–H groups in total. The van der Waals surface area contributed by atoms with Gasteiger partial charge in [0.25, 0.3) is 0 Å². The average Bonchev–Trinajstić information content (AvgIpc) is 2.88. The minimum Gasteiger partial charge on any atom is -0.396 e. The van der Waals surface area contributed by atoms with Crippen molar-refractivity contribution in [2.24, 2.45) is 0 Å². The standard InChI is InChI=1S/C19H38BrClO4Si/c1-8-23-17(24-9-2)13-15-14(21)12-16(25-15)19(20,10-11-22)26(6,7)18(3,4)5/h14-17,22H,8-13H2,1-7H3/t14-,15-,16+,19-/m0/s1. The number of halogens is 2. The van der Waals surface area contributed by atoms with Crippen LogP contribution in [-0.4, -0.2) is 60.8 Å². The van der Waals surface area contributed by atoms with E-state index in [9.17, 15) is 5.11 Å². The van der Waals surface area contributed by atoms with Gasteiger partial charge in [0, 0.05) is 30.2 Å². The highest BCUT2D eigenvalue weighted by atomic mass is 79.9. The Morgan fingerprint density at radius 3 is 2.19 bits per heavy atom. The fraction of sp³-hybridized carbons (Fsp3) is 1.00. The highest BCUT2D eigenvalue weighted by Gasteiger charge is 2.58. The van der Waals surface area contributed by atoms with Crippen LogP contribution in [-0.2, 0) is 14.2 Å². The van der Waals surface area contributed by atoms with E-state index < -0.39 is 8.07 Å². The number of rotatable bonds is 10. The summed E-state index contributed by atoms with van der Waals surface area (Å²) in [6, 6.07) is 0. The predicted octanol–water partition coefficient (Wildman–Crippen LogP) is 5.10. The summed E-state index contributed by atoms with van der Waals surface area (Å²) in [5.74, 6) is 0. The van der Waals surface area contributed by atoms with Crippen LogP contribution in [0.2, 0.25) is 18.1 Å². The van der Waals surface area contributed by atoms with Crippen molar-refractivity contribution in [3.05, 3.63) is 0 Å². The number of alkyl halides is 2. The highest BCUT2D eigenvalue weighted by molar-refractivity contribution is 9.10. The van der Waals surface area contributed by atoms with Crippen LogP contribution in [0.3, 0.4) is 0 Å². The Morgan fingerprint density at radius 1 is 1.23 bits per heavy atom. The molecular weight excluding hydrogens is 436 g/mol. The van der Waals surface area contributed by atoms with E-state index in [0.29, 0.717) is 26.1 Å². The van der Waals surface area contributed by atoms with E-state index in [1.165, 1.54) is 0 Å². The van der Waals surface area contributed by atoms with Gasteiger partial charge in [0.15, 0.2) is 6.29 Å². The molecule has 0 aromatic heterocycles. The second-order valence-electron chi connectivity index (χ2n) is 8.70. The SMILES string of the molecule is CCOC(C[C@@H]1O[C@@H]([C@](Br)(CCO)[Si](C)(C)C(C)(C)C)C[C@@H]1Cl)OCC. The van der Waals surface area contributed by atoms with Gasteiger partial charge in [0.2, 0.25) is 0 Å². The lowest BCUT2D eigenvalue weighted by molar-refractivity contribution is -0.156. The molecule has 7 heteroatoms. The zero-order valence-corrected chi connectivity index (χ0v) is 20.8. The fourth-order valence-electron chi connectivity index (χ4n) is 3.61. The van der Waals surface area contributed by atoms with Crippen LogP contribution in [0.1, 0.15) is 53.9 Å². The van der Waals surface area contributed by atoms with Crippen LogP contribution in [0.15, 0.2) is 0 Å². The molecule has 1 saturated heterocycles. The van der Waals surface area contributed by atoms with Crippen LogP contribution in [0, 0.1) is 0 Å². The van der Waals surface area contributed by atoms with Gasteiger partial charge in [-0.1, -0.05) is 49.8 Å². The van der Waals surface area contributed by atoms with E-state index in [0.717, 1.165) is 6.42 Å². The number of aliphatic hydroxyl groups is 1. The molecule has 0 saturated carbocycles. The van der Waals surface area contributed by atoms with E-state index in [2.05, 4.69) is 49.8 Å². The molecule has 0 spiro atoms. The molecule has 1 aliphatic heterocycles. The van der Waals surface area contributed by atoms with E-state index in [4.69, 9.17) is 25.8 Å². The van der Waals surface area contributed by atoms with Crippen molar-refractivity contribution in [3.63, 3.8) is 0 Å². The third-order valence-corrected chi connectivity index (χ3v) is 17.0. The van der Waals surface area contributed by atoms with Crippen LogP contribution in [0.25, 0.3) is 0 Å². The third-order valence-electron chi connectivity index (χ3n) is 6.21. The lowest BCUT2D eigenvalue weighted by Crippen LogP contribution is -2.62. The maximum Gasteiger partial charge on any atom is 0.160 e. The smallest absolute Gasteiger partial charge is 0.160 e. The Kier molecular flexibility index (Phi) is 9.60. The van der Waals surface area contributed by atoms with Crippen molar-refractivity contribution in [2.45, 2.75) is 99.8 Å². The van der Waals surface area contributed by atoms with E-state index >= 15 is 0 Å². The fourth-order valence-corrected chi connectivity index (χ4v) is 9.17. The van der Waals surface area contributed by atoms with Gasteiger partial charge >= 0.3 is 0 Å². The van der Waals surface area contributed by atoms with E-state index in [1.54, 1.807) is 0 Å². The van der Waals surface area contributed by atoms with Crippen molar-refractivity contribution in [1.82, 2.24) is 0 Å². The molecule has 0 bridgehead atoms. The minimum absolute atomic E-state index is 0.0213. The van der Waals surface area contributed by atoms with Crippen LogP contribution < -0.4 is 0 Å². The Balaban J connectivity index is 2.99. The molecular formula is C19H38BrClO4Si. The van der Waals surface area contributed by atoms with Crippen molar-refractivity contribution in [2.75, 3.05) is 19.8 Å². The largest absolute Gasteiger partial charge is 0.396 e. The molecule has 0 amide bonds. The zero-order chi connectivity index (χ0) is 20.2. The Morgan fingerprint density at radius 2 is 1.77 bits per heavy atom. The first-order valence-electron chi connectivity index (χ1n) is 9.77. The van der Waals surface area contributed by atoms with Gasteiger partial charge in [-0.05, 0) is 31.7 Å². The van der Waals surface area contributed by atoms with Crippen molar-refractivity contribution in [3.8, 4) is 0 Å². The number of hydrogen-bond acceptors (Lipinski definition) is 4.